The summed E-state index contributed by atoms with van der Waals surface area (Å²) in [5.41, 5.74) is 2.79. The van der Waals surface area contributed by atoms with Gasteiger partial charge in [0.15, 0.2) is 0 Å². The van der Waals surface area contributed by atoms with Crippen LogP contribution in [0.2, 0.25) is 0 Å². The van der Waals surface area contributed by atoms with Crippen molar-refractivity contribution in [3.8, 4) is 0 Å². The lowest BCUT2D eigenvalue weighted by molar-refractivity contribution is -0.175. The molecule has 2 amide bonds. The van der Waals surface area contributed by atoms with Crippen LogP contribution < -0.4 is 11.1 Å². The summed E-state index contributed by atoms with van der Waals surface area (Å²) in [5, 5.41) is 2.89. The maximum atomic E-state index is 12.2. The predicted octanol–water partition coefficient (Wildman–Crippen LogP) is -1.39. The van der Waals surface area contributed by atoms with Gasteiger partial charge < -0.3 is 20.7 Å². The molecule has 7 nitrogen and oxygen atoms in total. The van der Waals surface area contributed by atoms with Crippen molar-refractivity contribution in [3.05, 3.63) is 0 Å². The second-order valence-corrected chi connectivity index (χ2v) is 5.20. The van der Waals surface area contributed by atoms with Gasteiger partial charge in [-0.05, 0) is 20.8 Å². The monoisotopic (exact) mass is 257 g/mol. The molecule has 7 heteroatoms. The molecule has 0 spiro atoms. The van der Waals surface area contributed by atoms with Gasteiger partial charge in [0.1, 0.15) is 5.60 Å². The summed E-state index contributed by atoms with van der Waals surface area (Å²) in [5.74, 6) is -1.70. The van der Waals surface area contributed by atoms with Gasteiger partial charge >= 0.3 is 5.97 Å². The molecule has 1 unspecified atom stereocenters. The average Bonchev–Trinajstić information content (AvgIpc) is 2.25. The summed E-state index contributed by atoms with van der Waals surface area (Å²) in [7, 11) is 0. The maximum absolute atomic E-state index is 12.2. The highest BCUT2D eigenvalue weighted by molar-refractivity contribution is 6.08. The van der Waals surface area contributed by atoms with Crippen molar-refractivity contribution in [2.75, 3.05) is 19.6 Å². The molecule has 3 N–H and O–H groups in total. The highest BCUT2D eigenvalue weighted by Crippen LogP contribution is 2.21. The van der Waals surface area contributed by atoms with Gasteiger partial charge in [0.05, 0.1) is 0 Å². The number of esters is 1. The Balaban J connectivity index is 3.09. The van der Waals surface area contributed by atoms with Crippen molar-refractivity contribution in [3.63, 3.8) is 0 Å². The Bertz CT molecular complexity index is 364. The minimum Gasteiger partial charge on any atom is -0.458 e. The number of carbonyl (C=O) groups is 3. The first-order chi connectivity index (χ1) is 8.24. The summed E-state index contributed by atoms with van der Waals surface area (Å²) in [6, 6.07) is 0. The van der Waals surface area contributed by atoms with Crippen LogP contribution in [0.1, 0.15) is 20.8 Å². The number of nitrogens with one attached hydrogen (secondary N) is 1. The molecule has 1 aliphatic rings. The summed E-state index contributed by atoms with van der Waals surface area (Å²) in [4.78, 5) is 36.0. The largest absolute Gasteiger partial charge is 0.458 e. The zero-order valence-electron chi connectivity index (χ0n) is 10.9. The second-order valence-electron chi connectivity index (χ2n) is 5.20. The minimum atomic E-state index is -1.76. The molecule has 0 aromatic carbocycles. The van der Waals surface area contributed by atoms with E-state index in [1.807, 2.05) is 0 Å². The molecule has 0 aromatic rings. The molecular formula is C11H19N3O4. The molecule has 102 valence electrons. The lowest BCUT2D eigenvalue weighted by atomic mass is 9.94. The number of amides is 2. The van der Waals surface area contributed by atoms with Gasteiger partial charge in [-0.2, -0.15) is 0 Å². The molecule has 18 heavy (non-hydrogen) atoms. The molecule has 0 aromatic heterocycles. The number of nitrogens with zero attached hydrogens (tertiary/aromatic N) is 1. The Morgan fingerprint density at radius 1 is 1.44 bits per heavy atom. The lowest BCUT2D eigenvalue weighted by Crippen LogP contribution is -2.71. The van der Waals surface area contributed by atoms with Crippen LogP contribution >= 0.6 is 0 Å². The highest BCUT2D eigenvalue weighted by Gasteiger charge is 2.53. The van der Waals surface area contributed by atoms with E-state index in [0.29, 0.717) is 13.0 Å². The Morgan fingerprint density at radius 3 is 2.50 bits per heavy atom. The number of hydrogen-bond acceptors (Lipinski definition) is 5. The van der Waals surface area contributed by atoms with E-state index >= 15 is 0 Å². The van der Waals surface area contributed by atoms with E-state index in [1.54, 1.807) is 20.8 Å². The van der Waals surface area contributed by atoms with E-state index in [4.69, 9.17) is 10.5 Å². The Kier molecular flexibility index (Phi) is 3.95. The van der Waals surface area contributed by atoms with Gasteiger partial charge in [0, 0.05) is 19.6 Å². The van der Waals surface area contributed by atoms with Gasteiger partial charge in [0.25, 0.3) is 5.91 Å². The number of nitrogens with two attached hydrogens (primary N) is 1. The topological polar surface area (TPSA) is 102 Å². The van der Waals surface area contributed by atoms with Crippen LogP contribution in [0.15, 0.2) is 0 Å². The van der Waals surface area contributed by atoms with Crippen molar-refractivity contribution in [2.24, 2.45) is 5.73 Å². The molecule has 1 saturated heterocycles. The van der Waals surface area contributed by atoms with Gasteiger partial charge in [-0.15, -0.1) is 0 Å². The van der Waals surface area contributed by atoms with Crippen LogP contribution in [-0.2, 0) is 19.1 Å². The number of carbonyl (C=O) groups excluding carboxylic acids is 3. The summed E-state index contributed by atoms with van der Waals surface area (Å²) in [6.45, 7) is 5.74. The third-order valence-corrected chi connectivity index (χ3v) is 2.67. The Labute approximate surface area is 106 Å². The first kappa shape index (κ1) is 14.4. The van der Waals surface area contributed by atoms with E-state index in [2.05, 4.69) is 5.32 Å². The molecule has 1 fully saturated rings. The quantitative estimate of drug-likeness (QED) is 0.368. The Morgan fingerprint density at radius 2 is 2.06 bits per heavy atom. The van der Waals surface area contributed by atoms with Crippen molar-refractivity contribution in [1.29, 1.82) is 0 Å². The van der Waals surface area contributed by atoms with Gasteiger partial charge in [-0.25, -0.2) is 4.79 Å². The molecule has 0 aliphatic carbocycles. The van der Waals surface area contributed by atoms with Crippen molar-refractivity contribution in [1.82, 2.24) is 10.2 Å². The maximum Gasteiger partial charge on any atom is 0.343 e. The fourth-order valence-corrected chi connectivity index (χ4v) is 1.79. The standard InChI is InChI=1S/C11H19N3O4/c1-10(2,3)18-9(17)11(8(12)16)6-13-4-5-14(11)7-15/h7,13H,4-6H2,1-3H3,(H2,12,16). The minimum absolute atomic E-state index is 0.0318. The molecular weight excluding hydrogens is 238 g/mol. The Hall–Kier alpha value is -1.63. The summed E-state index contributed by atoms with van der Waals surface area (Å²) < 4.78 is 5.19. The number of piperazine rings is 1. The van der Waals surface area contributed by atoms with Gasteiger partial charge in [0.2, 0.25) is 11.9 Å². The number of hydrogen-bond donors (Lipinski definition) is 2. The van der Waals surface area contributed by atoms with Crippen LogP contribution in [0.25, 0.3) is 0 Å². The van der Waals surface area contributed by atoms with E-state index < -0.39 is 23.0 Å². The summed E-state index contributed by atoms with van der Waals surface area (Å²) in [6.07, 6.45) is 0.454. The molecule has 1 rings (SSSR count). The highest BCUT2D eigenvalue weighted by atomic mass is 16.6. The predicted molar refractivity (Wildman–Crippen MR) is 63.4 cm³/mol. The van der Waals surface area contributed by atoms with Crippen LogP contribution in [-0.4, -0.2) is 54.0 Å². The van der Waals surface area contributed by atoms with Crippen LogP contribution in [0.5, 0.6) is 0 Å². The van der Waals surface area contributed by atoms with Crippen molar-refractivity contribution in [2.45, 2.75) is 31.9 Å². The van der Waals surface area contributed by atoms with Crippen molar-refractivity contribution >= 4 is 18.3 Å². The first-order valence-electron chi connectivity index (χ1n) is 5.70. The van der Waals surface area contributed by atoms with Gasteiger partial charge in [-0.1, -0.05) is 0 Å². The molecule has 1 heterocycles. The fourth-order valence-electron chi connectivity index (χ4n) is 1.79. The smallest absolute Gasteiger partial charge is 0.343 e. The molecule has 1 aliphatic heterocycles. The van der Waals surface area contributed by atoms with Crippen LogP contribution in [0.3, 0.4) is 0 Å². The van der Waals surface area contributed by atoms with E-state index in [0.717, 1.165) is 4.90 Å². The SMILES string of the molecule is CC(C)(C)OC(=O)C1(C(N)=O)CNCCN1C=O. The first-order valence-corrected chi connectivity index (χ1v) is 5.70. The molecule has 0 saturated carbocycles. The van der Waals surface area contributed by atoms with E-state index in [1.165, 1.54) is 0 Å². The van der Waals surface area contributed by atoms with Gasteiger partial charge in [-0.3, -0.25) is 9.59 Å². The molecule has 0 radical (unpaired) electrons. The lowest BCUT2D eigenvalue weighted by Gasteiger charge is -2.41. The normalized spacial score (nSPS) is 24.5. The average molecular weight is 257 g/mol. The number of ether oxygens (including phenoxy) is 1. The zero-order chi connectivity index (χ0) is 14.0. The fraction of sp³-hybridized carbons (Fsp3) is 0.727. The molecule has 0 bridgehead atoms. The summed E-state index contributed by atoms with van der Waals surface area (Å²) >= 11 is 0. The van der Waals surface area contributed by atoms with E-state index in [-0.39, 0.29) is 13.1 Å². The van der Waals surface area contributed by atoms with E-state index in [9.17, 15) is 14.4 Å². The second kappa shape index (κ2) is 4.93. The molecule has 1 atom stereocenters. The van der Waals surface area contributed by atoms with Crippen LogP contribution in [0, 0.1) is 0 Å². The van der Waals surface area contributed by atoms with Crippen molar-refractivity contribution < 1.29 is 19.1 Å². The third kappa shape index (κ3) is 2.61. The third-order valence-electron chi connectivity index (χ3n) is 2.67. The van der Waals surface area contributed by atoms with Crippen LogP contribution in [0.4, 0.5) is 0 Å². The zero-order valence-corrected chi connectivity index (χ0v) is 10.9. The number of rotatable bonds is 3. The number of primary amides is 1.